The molecule has 0 radical (unpaired) electrons. The van der Waals surface area contributed by atoms with Gasteiger partial charge in [0.2, 0.25) is 0 Å². The van der Waals surface area contributed by atoms with Crippen LogP contribution in [-0.4, -0.2) is 42.0 Å². The lowest BCUT2D eigenvalue weighted by molar-refractivity contribution is 0.0708. The molecule has 1 saturated heterocycles. The van der Waals surface area contributed by atoms with Gasteiger partial charge in [-0.25, -0.2) is 9.37 Å². The van der Waals surface area contributed by atoms with Crippen molar-refractivity contribution in [3.8, 4) is 0 Å². The molecule has 1 aliphatic rings. The third kappa shape index (κ3) is 5.06. The van der Waals surface area contributed by atoms with Crippen molar-refractivity contribution >= 4 is 42.2 Å². The molecule has 0 unspecified atom stereocenters. The number of halogens is 3. The van der Waals surface area contributed by atoms with Crippen LogP contribution in [0.15, 0.2) is 42.6 Å². The number of aromatic nitrogens is 1. The number of pyridine rings is 1. The maximum atomic E-state index is 13.9. The van der Waals surface area contributed by atoms with Gasteiger partial charge in [-0.15, -0.1) is 24.8 Å². The number of nitrogens with zero attached hydrogens (tertiary/aromatic N) is 2. The Morgan fingerprint density at radius 1 is 1.15 bits per heavy atom. The van der Waals surface area contributed by atoms with Gasteiger partial charge in [0.25, 0.3) is 5.91 Å². The summed E-state index contributed by atoms with van der Waals surface area (Å²) in [7, 11) is 1.94. The molecule has 0 bridgehead atoms. The summed E-state index contributed by atoms with van der Waals surface area (Å²) < 4.78 is 13.9. The molecule has 0 spiro atoms. The molecule has 2 heterocycles. The van der Waals surface area contributed by atoms with Crippen LogP contribution in [0.25, 0.3) is 0 Å². The van der Waals surface area contributed by atoms with Crippen LogP contribution >= 0.6 is 24.8 Å². The van der Waals surface area contributed by atoms with E-state index in [0.717, 1.165) is 12.8 Å². The minimum atomic E-state index is -0.378. The summed E-state index contributed by atoms with van der Waals surface area (Å²) in [5.74, 6) is -0.0729. The highest BCUT2D eigenvalue weighted by atomic mass is 35.5. The second-order valence-electron chi connectivity index (χ2n) is 5.86. The lowest BCUT2D eigenvalue weighted by atomic mass is 10.0. The van der Waals surface area contributed by atoms with Gasteiger partial charge < -0.3 is 15.5 Å². The van der Waals surface area contributed by atoms with Gasteiger partial charge >= 0.3 is 0 Å². The third-order valence-electron chi connectivity index (χ3n) is 4.36. The number of nitrogens with one attached hydrogen (secondary N) is 2. The van der Waals surface area contributed by atoms with E-state index in [2.05, 4.69) is 15.6 Å². The van der Waals surface area contributed by atoms with Gasteiger partial charge in [0, 0.05) is 25.3 Å². The van der Waals surface area contributed by atoms with Crippen molar-refractivity contribution in [2.24, 2.45) is 0 Å². The fourth-order valence-electron chi connectivity index (χ4n) is 2.91. The zero-order valence-corrected chi connectivity index (χ0v) is 16.1. The van der Waals surface area contributed by atoms with E-state index in [-0.39, 0.29) is 36.5 Å². The minimum absolute atomic E-state index is 0. The predicted molar refractivity (Wildman–Crippen MR) is 106 cm³/mol. The molecule has 1 amide bonds. The molecular formula is C18H23Cl2FN4O. The average molecular weight is 401 g/mol. The van der Waals surface area contributed by atoms with Gasteiger partial charge in [-0.1, -0.05) is 12.1 Å². The number of amides is 1. The molecule has 3 rings (SSSR count). The van der Waals surface area contributed by atoms with E-state index in [1.54, 1.807) is 36.5 Å². The highest BCUT2D eigenvalue weighted by molar-refractivity contribution is 5.99. The summed E-state index contributed by atoms with van der Waals surface area (Å²) in [6.07, 6.45) is 3.45. The Morgan fingerprint density at radius 3 is 2.50 bits per heavy atom. The number of benzene rings is 1. The monoisotopic (exact) mass is 400 g/mol. The molecule has 1 aromatic heterocycles. The van der Waals surface area contributed by atoms with E-state index in [0.29, 0.717) is 36.2 Å². The Labute approximate surface area is 165 Å². The summed E-state index contributed by atoms with van der Waals surface area (Å²) in [6, 6.07) is 10.3. The minimum Gasteiger partial charge on any atom is -0.338 e. The summed E-state index contributed by atoms with van der Waals surface area (Å²) in [6.45, 7) is 1.41. The van der Waals surface area contributed by atoms with Gasteiger partial charge in [-0.3, -0.25) is 4.79 Å². The molecule has 0 saturated carbocycles. The zero-order chi connectivity index (χ0) is 16.9. The number of hydrogen-bond donors (Lipinski definition) is 2. The smallest absolute Gasteiger partial charge is 0.257 e. The highest BCUT2D eigenvalue weighted by Crippen LogP contribution is 2.23. The molecule has 2 N–H and O–H groups in total. The molecule has 5 nitrogen and oxygen atoms in total. The summed E-state index contributed by atoms with van der Waals surface area (Å²) >= 11 is 0. The number of hydrogen-bond acceptors (Lipinski definition) is 4. The lowest BCUT2D eigenvalue weighted by Crippen LogP contribution is -2.44. The molecule has 1 aromatic carbocycles. The van der Waals surface area contributed by atoms with Crippen molar-refractivity contribution in [2.45, 2.75) is 18.9 Å². The number of rotatable bonds is 4. The van der Waals surface area contributed by atoms with E-state index in [1.807, 2.05) is 11.9 Å². The van der Waals surface area contributed by atoms with Crippen LogP contribution in [0.3, 0.4) is 0 Å². The summed E-state index contributed by atoms with van der Waals surface area (Å²) in [5, 5.41) is 6.18. The second kappa shape index (κ2) is 10.3. The van der Waals surface area contributed by atoms with E-state index < -0.39 is 0 Å². The fraction of sp³-hybridized carbons (Fsp3) is 0.333. The first kappa shape index (κ1) is 22.2. The molecule has 2 aromatic rings. The average Bonchev–Trinajstić information content (AvgIpc) is 2.63. The Hall–Kier alpha value is -1.89. The van der Waals surface area contributed by atoms with Crippen molar-refractivity contribution in [2.75, 3.05) is 25.5 Å². The van der Waals surface area contributed by atoms with E-state index in [4.69, 9.17) is 0 Å². The van der Waals surface area contributed by atoms with Crippen LogP contribution in [0.1, 0.15) is 23.2 Å². The van der Waals surface area contributed by atoms with Crippen LogP contribution in [0.4, 0.5) is 15.9 Å². The Kier molecular flexibility index (Phi) is 8.78. The quantitative estimate of drug-likeness (QED) is 0.822. The van der Waals surface area contributed by atoms with Crippen molar-refractivity contribution in [1.82, 2.24) is 15.2 Å². The summed E-state index contributed by atoms with van der Waals surface area (Å²) in [4.78, 5) is 18.9. The van der Waals surface area contributed by atoms with Gasteiger partial charge in [0.15, 0.2) is 0 Å². The second-order valence-corrected chi connectivity index (χ2v) is 5.86. The van der Waals surface area contributed by atoms with Crippen LogP contribution in [0, 0.1) is 5.82 Å². The molecule has 8 heteroatoms. The fourth-order valence-corrected chi connectivity index (χ4v) is 2.91. The Morgan fingerprint density at radius 2 is 1.85 bits per heavy atom. The van der Waals surface area contributed by atoms with Crippen molar-refractivity contribution in [1.29, 1.82) is 0 Å². The first-order chi connectivity index (χ1) is 11.7. The van der Waals surface area contributed by atoms with Gasteiger partial charge in [-0.05, 0) is 44.2 Å². The first-order valence-corrected chi connectivity index (χ1v) is 8.12. The number of carbonyl (C=O) groups is 1. The molecule has 1 fully saturated rings. The standard InChI is InChI=1S/C18H21FN4O.2ClH/c1-20-13-8-11-23(12-9-13)18(24)14-5-4-10-21-17(14)22-16-7-3-2-6-15(16)19;;/h2-7,10,13,20H,8-9,11-12H2,1H3,(H,21,22);2*1H. The number of carbonyl (C=O) groups excluding carboxylic acids is 1. The van der Waals surface area contributed by atoms with Crippen LogP contribution < -0.4 is 10.6 Å². The van der Waals surface area contributed by atoms with Crippen molar-refractivity contribution in [3.63, 3.8) is 0 Å². The lowest BCUT2D eigenvalue weighted by Gasteiger charge is -2.32. The van der Waals surface area contributed by atoms with Crippen LogP contribution in [-0.2, 0) is 0 Å². The Balaban J connectivity index is 0.00000169. The molecule has 0 aliphatic carbocycles. The predicted octanol–water partition coefficient (Wildman–Crippen LogP) is 3.63. The maximum absolute atomic E-state index is 13.9. The molecule has 26 heavy (non-hydrogen) atoms. The number of para-hydroxylation sites is 1. The highest BCUT2D eigenvalue weighted by Gasteiger charge is 2.24. The van der Waals surface area contributed by atoms with Crippen molar-refractivity contribution in [3.05, 3.63) is 54.0 Å². The van der Waals surface area contributed by atoms with Gasteiger partial charge in [0.1, 0.15) is 11.6 Å². The number of likely N-dealkylation sites (tertiary alicyclic amines) is 1. The molecule has 142 valence electrons. The van der Waals surface area contributed by atoms with Crippen LogP contribution in [0.2, 0.25) is 0 Å². The number of piperidine rings is 1. The van der Waals surface area contributed by atoms with E-state index in [1.165, 1.54) is 6.07 Å². The molecule has 1 aliphatic heterocycles. The third-order valence-corrected chi connectivity index (χ3v) is 4.36. The van der Waals surface area contributed by atoms with E-state index in [9.17, 15) is 9.18 Å². The largest absolute Gasteiger partial charge is 0.338 e. The normalized spacial score (nSPS) is 14.2. The molecule has 0 atom stereocenters. The molecular weight excluding hydrogens is 378 g/mol. The zero-order valence-electron chi connectivity index (χ0n) is 14.4. The Bertz CT molecular complexity index is 724. The van der Waals surface area contributed by atoms with E-state index >= 15 is 0 Å². The van der Waals surface area contributed by atoms with Crippen molar-refractivity contribution < 1.29 is 9.18 Å². The first-order valence-electron chi connectivity index (χ1n) is 8.12. The van der Waals surface area contributed by atoms with Gasteiger partial charge in [-0.2, -0.15) is 0 Å². The topological polar surface area (TPSA) is 57.3 Å². The number of anilines is 2. The SMILES string of the molecule is CNC1CCN(C(=O)c2cccnc2Nc2ccccc2F)CC1.Cl.Cl. The summed E-state index contributed by atoms with van der Waals surface area (Å²) in [5.41, 5.74) is 0.766. The van der Waals surface area contributed by atoms with Crippen LogP contribution in [0.5, 0.6) is 0 Å². The van der Waals surface area contributed by atoms with Gasteiger partial charge in [0.05, 0.1) is 11.3 Å². The maximum Gasteiger partial charge on any atom is 0.257 e.